The molecule has 0 spiro atoms. The molecule has 0 amide bonds. The number of methoxy groups -OCH3 is 2. The van der Waals surface area contributed by atoms with Gasteiger partial charge in [0.05, 0.1) is 19.9 Å². The van der Waals surface area contributed by atoms with E-state index in [0.717, 1.165) is 4.57 Å². The van der Waals surface area contributed by atoms with E-state index in [1.807, 2.05) is 6.92 Å². The lowest BCUT2D eigenvalue weighted by molar-refractivity contribution is 0.355. The molecule has 142 valence electrons. The Morgan fingerprint density at radius 2 is 1.74 bits per heavy atom. The quantitative estimate of drug-likeness (QED) is 0.667. The van der Waals surface area contributed by atoms with Gasteiger partial charge in [0.25, 0.3) is 5.56 Å². The summed E-state index contributed by atoms with van der Waals surface area (Å²) in [5.74, 6) is 1.23. The predicted molar refractivity (Wildman–Crippen MR) is 99.7 cm³/mol. The minimum Gasteiger partial charge on any atom is -0.493 e. The molecule has 2 heterocycles. The number of aromatic nitrogens is 4. The summed E-state index contributed by atoms with van der Waals surface area (Å²) in [6, 6.07) is 5.08. The van der Waals surface area contributed by atoms with Crippen LogP contribution in [0.25, 0.3) is 11.2 Å². The van der Waals surface area contributed by atoms with Gasteiger partial charge in [0.15, 0.2) is 22.7 Å². The minimum atomic E-state index is -0.428. The lowest BCUT2D eigenvalue weighted by Gasteiger charge is -2.06. The predicted octanol–water partition coefficient (Wildman–Crippen LogP) is 2.36. The lowest BCUT2D eigenvalue weighted by atomic mass is 10.3. The van der Waals surface area contributed by atoms with Crippen LogP contribution in [-0.4, -0.2) is 33.3 Å². The fraction of sp³-hybridized carbons (Fsp3) is 0.353. The molecule has 1 aromatic carbocycles. The van der Waals surface area contributed by atoms with Crippen LogP contribution in [0.4, 0.5) is 11.6 Å². The van der Waals surface area contributed by atoms with E-state index >= 15 is 0 Å². The summed E-state index contributed by atoms with van der Waals surface area (Å²) < 4.78 is 13.0. The molecule has 2 aromatic heterocycles. The fourth-order valence-corrected chi connectivity index (χ4v) is 2.76. The highest BCUT2D eigenvalue weighted by molar-refractivity contribution is 5.72. The van der Waals surface area contributed by atoms with E-state index in [1.165, 1.54) is 11.7 Å². The van der Waals surface area contributed by atoms with E-state index < -0.39 is 11.2 Å². The summed E-state index contributed by atoms with van der Waals surface area (Å²) in [7, 11) is 3.07. The van der Waals surface area contributed by atoms with Crippen molar-refractivity contribution in [1.82, 2.24) is 19.1 Å². The Morgan fingerprint density at radius 3 is 2.37 bits per heavy atom. The first-order valence-electron chi connectivity index (χ1n) is 8.41. The van der Waals surface area contributed by atoms with Crippen molar-refractivity contribution < 1.29 is 9.47 Å². The highest BCUT2D eigenvalue weighted by Gasteiger charge is 2.15. The van der Waals surface area contributed by atoms with Crippen LogP contribution < -0.4 is 20.7 Å². The van der Waals surface area contributed by atoms with Crippen molar-refractivity contribution in [3.63, 3.8) is 0 Å². The number of fused-ring (bicyclic) bond motifs is 1. The third-order valence-electron chi connectivity index (χ3n) is 4.11. The highest BCUT2D eigenvalue weighted by Crippen LogP contribution is 2.31. The van der Waals surface area contributed by atoms with Crippen molar-refractivity contribution in [2.45, 2.75) is 26.9 Å². The smallest absolute Gasteiger partial charge is 0.332 e. The van der Waals surface area contributed by atoms with E-state index in [9.17, 15) is 9.59 Å². The minimum absolute atomic E-state index is 0.132. The molecule has 0 saturated carbocycles. The number of H-pyrrole nitrogens is 1. The Balaban J connectivity index is 2.06. The van der Waals surface area contributed by atoms with E-state index in [-0.39, 0.29) is 23.7 Å². The van der Waals surface area contributed by atoms with Gasteiger partial charge in [-0.15, -0.1) is 10.2 Å². The molecule has 10 heteroatoms. The van der Waals surface area contributed by atoms with Crippen LogP contribution >= 0.6 is 0 Å². The van der Waals surface area contributed by atoms with E-state index in [0.29, 0.717) is 23.7 Å². The number of ether oxygens (including phenoxy) is 2. The number of nitrogens with zero attached hydrogens (tertiary/aromatic N) is 5. The molecule has 3 aromatic rings. The fourth-order valence-electron chi connectivity index (χ4n) is 2.76. The average molecular weight is 372 g/mol. The van der Waals surface area contributed by atoms with Crippen LogP contribution in [-0.2, 0) is 13.1 Å². The zero-order valence-corrected chi connectivity index (χ0v) is 15.5. The molecule has 1 N–H and O–H groups in total. The SMILES string of the molecule is CCn1c(=O)c2[nH]c(N=Nc3ccc(OC)c(OC)c3)nc2n(CC)c1=O. The molecule has 0 atom stereocenters. The van der Waals surface area contributed by atoms with Gasteiger partial charge in [-0.25, -0.2) is 4.79 Å². The zero-order valence-electron chi connectivity index (χ0n) is 15.5. The number of aryl methyl sites for hydroxylation is 1. The molecule has 3 rings (SSSR count). The van der Waals surface area contributed by atoms with Crippen molar-refractivity contribution in [2.24, 2.45) is 10.2 Å². The Hall–Kier alpha value is -3.43. The number of hydrogen-bond acceptors (Lipinski definition) is 7. The Bertz CT molecular complexity index is 1120. The maximum atomic E-state index is 12.5. The number of benzene rings is 1. The first kappa shape index (κ1) is 18.4. The number of rotatable bonds is 6. The lowest BCUT2D eigenvalue weighted by Crippen LogP contribution is -2.39. The van der Waals surface area contributed by atoms with Gasteiger partial charge in [0, 0.05) is 19.2 Å². The molecule has 0 bridgehead atoms. The van der Waals surface area contributed by atoms with Gasteiger partial charge in [-0.2, -0.15) is 4.98 Å². The van der Waals surface area contributed by atoms with Crippen LogP contribution in [0.3, 0.4) is 0 Å². The third-order valence-corrected chi connectivity index (χ3v) is 4.11. The molecule has 0 radical (unpaired) electrons. The first-order valence-corrected chi connectivity index (χ1v) is 8.41. The summed E-state index contributed by atoms with van der Waals surface area (Å²) in [6.45, 7) is 4.20. The normalized spacial score (nSPS) is 11.4. The maximum absolute atomic E-state index is 12.5. The van der Waals surface area contributed by atoms with Crippen molar-refractivity contribution >= 4 is 22.8 Å². The van der Waals surface area contributed by atoms with Crippen LogP contribution in [0.5, 0.6) is 11.5 Å². The molecule has 0 aliphatic carbocycles. The molecular formula is C17H20N6O4. The Morgan fingerprint density at radius 1 is 1.04 bits per heavy atom. The number of hydrogen-bond donors (Lipinski definition) is 1. The second-order valence-corrected chi connectivity index (χ2v) is 5.57. The first-order chi connectivity index (χ1) is 13.0. The van der Waals surface area contributed by atoms with Crippen LogP contribution in [0.2, 0.25) is 0 Å². The van der Waals surface area contributed by atoms with Gasteiger partial charge >= 0.3 is 5.69 Å². The standard InChI is InChI=1S/C17H20N6O4/c1-5-22-14-13(15(24)23(6-2)17(22)25)18-16(19-14)21-20-10-7-8-11(26-3)12(9-10)27-4/h7-9H,5-6H2,1-4H3,(H,18,19). The van der Waals surface area contributed by atoms with Gasteiger partial charge < -0.3 is 14.5 Å². The summed E-state index contributed by atoms with van der Waals surface area (Å²) in [5, 5.41) is 8.15. The molecule has 10 nitrogen and oxygen atoms in total. The number of imidazole rings is 1. The number of aromatic amines is 1. The monoisotopic (exact) mass is 372 g/mol. The molecule has 0 aliphatic heterocycles. The van der Waals surface area contributed by atoms with Crippen LogP contribution in [0, 0.1) is 0 Å². The van der Waals surface area contributed by atoms with Crippen molar-refractivity contribution in [2.75, 3.05) is 14.2 Å². The average Bonchev–Trinajstić information content (AvgIpc) is 3.11. The summed E-state index contributed by atoms with van der Waals surface area (Å²) in [5.41, 5.74) is 0.180. The summed E-state index contributed by atoms with van der Waals surface area (Å²) in [4.78, 5) is 31.9. The molecule has 0 saturated heterocycles. The molecule has 0 aliphatic rings. The van der Waals surface area contributed by atoms with E-state index in [1.54, 1.807) is 32.2 Å². The van der Waals surface area contributed by atoms with E-state index in [2.05, 4.69) is 20.2 Å². The van der Waals surface area contributed by atoms with E-state index in [4.69, 9.17) is 9.47 Å². The summed E-state index contributed by atoms with van der Waals surface area (Å²) >= 11 is 0. The zero-order chi connectivity index (χ0) is 19.6. The van der Waals surface area contributed by atoms with Gasteiger partial charge in [-0.05, 0) is 26.0 Å². The topological polar surface area (TPSA) is 116 Å². The number of nitrogens with one attached hydrogen (secondary N) is 1. The van der Waals surface area contributed by atoms with Crippen LogP contribution in [0.15, 0.2) is 38.0 Å². The van der Waals surface area contributed by atoms with Gasteiger partial charge in [0.2, 0.25) is 5.95 Å². The Kier molecular flexibility index (Phi) is 5.06. The second kappa shape index (κ2) is 7.44. The molecular weight excluding hydrogens is 352 g/mol. The number of azo groups is 1. The van der Waals surface area contributed by atoms with Crippen LogP contribution in [0.1, 0.15) is 13.8 Å². The van der Waals surface area contributed by atoms with Crippen molar-refractivity contribution in [3.05, 3.63) is 39.0 Å². The largest absolute Gasteiger partial charge is 0.493 e. The molecule has 0 unspecified atom stereocenters. The maximum Gasteiger partial charge on any atom is 0.332 e. The Labute approximate surface area is 154 Å². The third kappa shape index (κ3) is 3.21. The molecule has 0 fully saturated rings. The van der Waals surface area contributed by atoms with Gasteiger partial charge in [-0.3, -0.25) is 13.9 Å². The highest BCUT2D eigenvalue weighted by atomic mass is 16.5. The molecule has 27 heavy (non-hydrogen) atoms. The van der Waals surface area contributed by atoms with Gasteiger partial charge in [-0.1, -0.05) is 0 Å². The second-order valence-electron chi connectivity index (χ2n) is 5.57. The van der Waals surface area contributed by atoms with Crippen molar-refractivity contribution in [3.8, 4) is 11.5 Å². The summed E-state index contributed by atoms with van der Waals surface area (Å²) in [6.07, 6.45) is 0. The van der Waals surface area contributed by atoms with Gasteiger partial charge in [0.1, 0.15) is 0 Å². The van der Waals surface area contributed by atoms with Crippen molar-refractivity contribution in [1.29, 1.82) is 0 Å².